The lowest BCUT2D eigenvalue weighted by molar-refractivity contribution is 0.480. The largest absolute Gasteiger partial charge is 0.264 e. The second kappa shape index (κ2) is 9.72. The summed E-state index contributed by atoms with van der Waals surface area (Å²) < 4.78 is 69.3. The molecule has 2 aromatic carbocycles. The summed E-state index contributed by atoms with van der Waals surface area (Å²) in [7, 11) is -9.18. The van der Waals surface area contributed by atoms with Gasteiger partial charge in [0.1, 0.15) is 5.83 Å². The average Bonchev–Trinajstić information content (AvgIpc) is 2.79. The van der Waals surface area contributed by atoms with Gasteiger partial charge in [0.05, 0.1) is 16.3 Å². The van der Waals surface area contributed by atoms with Crippen molar-refractivity contribution in [3.63, 3.8) is 0 Å². The van der Waals surface area contributed by atoms with Gasteiger partial charge in [-0.2, -0.15) is 0 Å². The molecule has 32 heavy (non-hydrogen) atoms. The van der Waals surface area contributed by atoms with Crippen LogP contribution in [0.4, 0.5) is 4.39 Å². The summed E-state index contributed by atoms with van der Waals surface area (Å²) in [6.45, 7) is 2.50. The number of hydrogen-bond acceptors (Lipinski definition) is 5. The van der Waals surface area contributed by atoms with Gasteiger partial charge in [-0.3, -0.25) is 4.98 Å². The first kappa shape index (κ1) is 23.8. The fourth-order valence-corrected chi connectivity index (χ4v) is 6.83. The van der Waals surface area contributed by atoms with E-state index in [0.29, 0.717) is 5.56 Å². The lowest BCUT2D eigenvalue weighted by Crippen LogP contribution is -2.38. The van der Waals surface area contributed by atoms with Crippen LogP contribution in [0.5, 0.6) is 0 Å². The Labute approximate surface area is 188 Å². The van der Waals surface area contributed by atoms with Gasteiger partial charge in [-0.25, -0.2) is 21.2 Å². The molecule has 0 aliphatic rings. The third-order valence-electron chi connectivity index (χ3n) is 4.73. The second-order valence-corrected chi connectivity index (χ2v) is 11.2. The number of rotatable bonds is 8. The monoisotopic (exact) mass is 474 g/mol. The smallest absolute Gasteiger partial charge is 0.256 e. The fraction of sp³-hybridized carbons (Fsp3) is 0.174. The summed E-state index contributed by atoms with van der Waals surface area (Å²) in [5.41, 5.74) is 0.642. The zero-order chi connectivity index (χ0) is 23.4. The number of sulfonamides is 2. The molecular formula is C23H23FN2O4S2. The van der Waals surface area contributed by atoms with E-state index in [1.165, 1.54) is 60.9 Å². The summed E-state index contributed by atoms with van der Waals surface area (Å²) in [4.78, 5) is 3.49. The Balaban J connectivity index is 2.20. The molecule has 0 unspecified atom stereocenters. The van der Waals surface area contributed by atoms with E-state index < -0.39 is 32.4 Å². The molecule has 0 aliphatic heterocycles. The molecule has 1 aromatic heterocycles. The maximum absolute atomic E-state index is 15.6. The van der Waals surface area contributed by atoms with Crippen LogP contribution in [0, 0.1) is 5.92 Å². The third-order valence-corrected chi connectivity index (χ3v) is 8.97. The fourth-order valence-electron chi connectivity index (χ4n) is 3.24. The molecule has 9 heteroatoms. The number of allylic oxidation sites excluding steroid dienone is 1. The van der Waals surface area contributed by atoms with Crippen LogP contribution < -0.4 is 0 Å². The van der Waals surface area contributed by atoms with E-state index in [4.69, 9.17) is 0 Å². The van der Waals surface area contributed by atoms with Crippen molar-refractivity contribution in [1.29, 1.82) is 0 Å². The normalized spacial score (nSPS) is 13.3. The minimum absolute atomic E-state index is 0.189. The second-order valence-electron chi connectivity index (χ2n) is 7.28. The Kier molecular flexibility index (Phi) is 7.22. The summed E-state index contributed by atoms with van der Waals surface area (Å²) in [5.74, 6) is -1.22. The Bertz CT molecular complexity index is 1220. The average molecular weight is 475 g/mol. The van der Waals surface area contributed by atoms with Gasteiger partial charge >= 0.3 is 0 Å². The summed E-state index contributed by atoms with van der Waals surface area (Å²) >= 11 is 0. The highest BCUT2D eigenvalue weighted by Crippen LogP contribution is 2.31. The Morgan fingerprint density at radius 3 is 1.75 bits per heavy atom. The lowest BCUT2D eigenvalue weighted by atomic mass is 9.95. The van der Waals surface area contributed by atoms with Crippen molar-refractivity contribution in [1.82, 2.24) is 8.69 Å². The highest BCUT2D eigenvalue weighted by atomic mass is 32.3. The number of pyridine rings is 1. The lowest BCUT2D eigenvalue weighted by Gasteiger charge is -2.23. The number of aromatic nitrogens is 1. The number of hydrogen-bond donors (Lipinski definition) is 0. The molecule has 0 spiro atoms. The standard InChI is InChI=1S/C23H23FN2O4S2/c1-18(2)23(19-10-9-15-25-16-19)22(24)17-26(31(27,28)20-11-5-3-6-12-20)32(29,30)21-13-7-4-8-14-21/h3-16,18H,17H2,1-2H3/b23-22-. The van der Waals surface area contributed by atoms with Crippen molar-refractivity contribution < 1.29 is 21.2 Å². The van der Waals surface area contributed by atoms with E-state index in [-0.39, 0.29) is 25.0 Å². The van der Waals surface area contributed by atoms with Crippen molar-refractivity contribution in [2.45, 2.75) is 23.6 Å². The Hall–Kier alpha value is -2.88. The van der Waals surface area contributed by atoms with Gasteiger partial charge in [-0.15, -0.1) is 0 Å². The van der Waals surface area contributed by atoms with Crippen molar-refractivity contribution in [3.05, 3.63) is 96.6 Å². The van der Waals surface area contributed by atoms with Crippen molar-refractivity contribution in [3.8, 4) is 0 Å². The molecule has 6 nitrogen and oxygen atoms in total. The van der Waals surface area contributed by atoms with Crippen LogP contribution in [0.1, 0.15) is 19.4 Å². The van der Waals surface area contributed by atoms with E-state index in [2.05, 4.69) is 4.98 Å². The maximum atomic E-state index is 15.6. The van der Waals surface area contributed by atoms with Gasteiger partial charge in [-0.1, -0.05) is 60.0 Å². The van der Waals surface area contributed by atoms with Crippen LogP contribution in [0.2, 0.25) is 0 Å². The zero-order valence-electron chi connectivity index (χ0n) is 17.6. The summed E-state index contributed by atoms with van der Waals surface area (Å²) in [5, 5.41) is 0. The molecule has 3 aromatic rings. The van der Waals surface area contributed by atoms with Gasteiger partial charge in [0.2, 0.25) is 0 Å². The molecule has 0 amide bonds. The molecule has 0 saturated carbocycles. The van der Waals surface area contributed by atoms with Crippen LogP contribution in [-0.2, 0) is 20.0 Å². The SMILES string of the molecule is CC(C)/C(=C(/F)CN(S(=O)(=O)c1ccccc1)S(=O)(=O)c1ccccc1)c1cccnc1. The molecule has 3 rings (SSSR count). The van der Waals surface area contributed by atoms with Gasteiger partial charge in [0.25, 0.3) is 20.0 Å². The summed E-state index contributed by atoms with van der Waals surface area (Å²) in [6.07, 6.45) is 2.99. The predicted molar refractivity (Wildman–Crippen MR) is 121 cm³/mol. The van der Waals surface area contributed by atoms with Crippen molar-refractivity contribution in [2.75, 3.05) is 6.54 Å². The molecule has 0 saturated heterocycles. The predicted octanol–water partition coefficient (Wildman–Crippen LogP) is 4.50. The quantitative estimate of drug-likeness (QED) is 0.480. The topological polar surface area (TPSA) is 84.4 Å². The van der Waals surface area contributed by atoms with Crippen molar-refractivity contribution >= 4 is 25.6 Å². The van der Waals surface area contributed by atoms with Crippen LogP contribution in [0.15, 0.2) is 101 Å². The van der Waals surface area contributed by atoms with Gasteiger partial charge in [0, 0.05) is 12.4 Å². The minimum atomic E-state index is -4.59. The van der Waals surface area contributed by atoms with E-state index in [1.54, 1.807) is 38.1 Å². The first-order chi connectivity index (χ1) is 15.2. The van der Waals surface area contributed by atoms with Crippen LogP contribution in [0.3, 0.4) is 0 Å². The molecule has 0 N–H and O–H groups in total. The molecule has 0 bridgehead atoms. The highest BCUT2D eigenvalue weighted by molar-refractivity contribution is 8.04. The molecule has 168 valence electrons. The molecule has 1 heterocycles. The molecule has 0 fully saturated rings. The molecule has 0 atom stereocenters. The van der Waals surface area contributed by atoms with Crippen LogP contribution in [0.25, 0.3) is 5.57 Å². The van der Waals surface area contributed by atoms with E-state index >= 15 is 4.39 Å². The highest BCUT2D eigenvalue weighted by Gasteiger charge is 2.38. The number of nitrogens with zero attached hydrogens (tertiary/aromatic N) is 2. The van der Waals surface area contributed by atoms with E-state index in [9.17, 15) is 16.8 Å². The Morgan fingerprint density at radius 1 is 0.844 bits per heavy atom. The van der Waals surface area contributed by atoms with Gasteiger partial charge in [0.15, 0.2) is 0 Å². The summed E-state index contributed by atoms with van der Waals surface area (Å²) in [6, 6.07) is 17.5. The van der Waals surface area contributed by atoms with E-state index in [1.807, 2.05) is 0 Å². The maximum Gasteiger partial charge on any atom is 0.256 e. The minimum Gasteiger partial charge on any atom is -0.264 e. The van der Waals surface area contributed by atoms with Crippen molar-refractivity contribution in [2.24, 2.45) is 5.92 Å². The third kappa shape index (κ3) is 4.95. The molecule has 0 aliphatic carbocycles. The van der Waals surface area contributed by atoms with Gasteiger partial charge < -0.3 is 0 Å². The first-order valence-corrected chi connectivity index (χ1v) is 12.7. The number of halogens is 1. The number of benzene rings is 2. The van der Waals surface area contributed by atoms with Crippen LogP contribution >= 0.6 is 0 Å². The Morgan fingerprint density at radius 2 is 1.34 bits per heavy atom. The first-order valence-electron chi connectivity index (χ1n) is 9.82. The zero-order valence-corrected chi connectivity index (χ0v) is 19.2. The van der Waals surface area contributed by atoms with E-state index in [0.717, 1.165) is 0 Å². The molecule has 0 radical (unpaired) electrons. The molecular weight excluding hydrogens is 451 g/mol. The van der Waals surface area contributed by atoms with Gasteiger partial charge in [-0.05, 0) is 47.4 Å². The van der Waals surface area contributed by atoms with Crippen LogP contribution in [-0.4, -0.2) is 32.1 Å².